The first-order chi connectivity index (χ1) is 14.1. The summed E-state index contributed by atoms with van der Waals surface area (Å²) in [5.74, 6) is 0.987. The highest BCUT2D eigenvalue weighted by atomic mass is 16.5. The highest BCUT2D eigenvalue weighted by molar-refractivity contribution is 5.91. The van der Waals surface area contributed by atoms with Crippen LogP contribution in [-0.4, -0.2) is 36.8 Å². The lowest BCUT2D eigenvalue weighted by Crippen LogP contribution is -3.16. The second-order valence-corrected chi connectivity index (χ2v) is 8.42. The molecule has 5 nitrogen and oxygen atoms in total. The number of amides is 1. The number of para-hydroxylation sites is 2. The highest BCUT2D eigenvalue weighted by Gasteiger charge is 2.52. The summed E-state index contributed by atoms with van der Waals surface area (Å²) in [6.07, 6.45) is 4.80. The summed E-state index contributed by atoms with van der Waals surface area (Å²) < 4.78 is 5.66. The van der Waals surface area contributed by atoms with Crippen molar-refractivity contribution in [2.24, 2.45) is 5.92 Å². The Kier molecular flexibility index (Phi) is 5.88. The molecule has 0 aromatic heterocycles. The fourth-order valence-electron chi connectivity index (χ4n) is 5.35. The molecule has 2 aliphatic rings. The number of hydrogen-bond donors (Lipinski definition) is 3. The zero-order valence-corrected chi connectivity index (χ0v) is 17.1. The van der Waals surface area contributed by atoms with E-state index in [0.717, 1.165) is 55.6 Å². The van der Waals surface area contributed by atoms with Crippen LogP contribution in [0.3, 0.4) is 0 Å². The molecule has 0 bridgehead atoms. The van der Waals surface area contributed by atoms with Crippen molar-refractivity contribution in [2.75, 3.05) is 25.5 Å². The Hall–Kier alpha value is -2.37. The molecular weight excluding hydrogens is 364 g/mol. The molecule has 1 amide bonds. The Balaban J connectivity index is 1.61. The largest absolute Gasteiger partial charge is 0.496 e. The number of rotatable bonds is 5. The zero-order chi connectivity index (χ0) is 20.3. The number of methoxy groups -OCH3 is 1. The first-order valence-corrected chi connectivity index (χ1v) is 10.7. The molecule has 1 aliphatic heterocycles. The zero-order valence-electron chi connectivity index (χ0n) is 17.1. The van der Waals surface area contributed by atoms with Gasteiger partial charge in [-0.25, -0.2) is 0 Å². The van der Waals surface area contributed by atoms with Gasteiger partial charge in [-0.15, -0.1) is 0 Å². The van der Waals surface area contributed by atoms with Crippen LogP contribution in [-0.2, 0) is 4.79 Å². The number of carbonyl (C=O) groups excluding carboxylic acids is 1. The Morgan fingerprint density at radius 1 is 1.14 bits per heavy atom. The van der Waals surface area contributed by atoms with Gasteiger partial charge in [0.15, 0.2) is 6.54 Å². The Morgan fingerprint density at radius 2 is 1.90 bits per heavy atom. The molecule has 4 atom stereocenters. The van der Waals surface area contributed by atoms with E-state index in [2.05, 4.69) is 11.4 Å². The lowest BCUT2D eigenvalue weighted by Gasteiger charge is -2.50. The highest BCUT2D eigenvalue weighted by Crippen LogP contribution is 2.45. The number of carbonyl (C=O) groups is 1. The summed E-state index contributed by atoms with van der Waals surface area (Å²) >= 11 is 0. The molecule has 2 fully saturated rings. The molecule has 1 saturated carbocycles. The molecule has 0 radical (unpaired) electrons. The van der Waals surface area contributed by atoms with Crippen LogP contribution < -0.4 is 15.0 Å². The van der Waals surface area contributed by atoms with Gasteiger partial charge in [0.1, 0.15) is 11.8 Å². The minimum absolute atomic E-state index is 0.00680. The van der Waals surface area contributed by atoms with E-state index in [1.807, 2.05) is 48.5 Å². The van der Waals surface area contributed by atoms with Crippen LogP contribution in [0, 0.1) is 5.92 Å². The number of benzene rings is 2. The number of fused-ring (bicyclic) bond motifs is 1. The van der Waals surface area contributed by atoms with Gasteiger partial charge in [0, 0.05) is 18.0 Å². The fourth-order valence-corrected chi connectivity index (χ4v) is 5.35. The third-order valence-corrected chi connectivity index (χ3v) is 6.71. The number of aliphatic hydroxyl groups is 1. The van der Waals surface area contributed by atoms with Gasteiger partial charge in [-0.05, 0) is 37.1 Å². The summed E-state index contributed by atoms with van der Waals surface area (Å²) in [5, 5.41) is 14.4. The molecule has 5 heteroatoms. The van der Waals surface area contributed by atoms with E-state index in [9.17, 15) is 9.90 Å². The van der Waals surface area contributed by atoms with Gasteiger partial charge in [-0.3, -0.25) is 4.79 Å². The molecule has 154 valence electrons. The smallest absolute Gasteiger partial charge is 0.279 e. The number of anilines is 1. The van der Waals surface area contributed by atoms with Gasteiger partial charge >= 0.3 is 0 Å². The van der Waals surface area contributed by atoms with Crippen molar-refractivity contribution >= 4 is 11.6 Å². The normalized spacial score (nSPS) is 29.0. The quantitative estimate of drug-likeness (QED) is 0.729. The SMILES string of the molecule is COc1ccccc1[C@H]1[C@H]2CCCC[C@]2(O)CC[NH+]1CC(=O)Nc1ccccc1. The number of piperidine rings is 1. The summed E-state index contributed by atoms with van der Waals surface area (Å²) in [7, 11) is 1.69. The molecular formula is C24H31N2O3+. The van der Waals surface area contributed by atoms with Gasteiger partial charge in [0.25, 0.3) is 5.91 Å². The predicted octanol–water partition coefficient (Wildman–Crippen LogP) is 2.58. The van der Waals surface area contributed by atoms with E-state index >= 15 is 0 Å². The minimum Gasteiger partial charge on any atom is -0.496 e. The van der Waals surface area contributed by atoms with Crippen molar-refractivity contribution in [1.29, 1.82) is 0 Å². The van der Waals surface area contributed by atoms with Crippen molar-refractivity contribution < 1.29 is 19.5 Å². The van der Waals surface area contributed by atoms with Gasteiger partial charge in [-0.2, -0.15) is 0 Å². The number of quaternary nitrogens is 1. The number of likely N-dealkylation sites (tertiary alicyclic amines) is 1. The standard InChI is InChI=1S/C24H30N2O3/c1-29-21-13-6-5-11-19(21)23-20-12-7-8-14-24(20,28)15-16-26(23)17-22(27)25-18-9-3-2-4-10-18/h2-6,9-11,13,20,23,28H,7-8,12,14-17H2,1H3,(H,25,27)/p+1/t20-,23+,24+/m1/s1. The molecule has 29 heavy (non-hydrogen) atoms. The lowest BCUT2D eigenvalue weighted by atomic mass is 9.66. The minimum atomic E-state index is -0.636. The summed E-state index contributed by atoms with van der Waals surface area (Å²) in [6, 6.07) is 17.7. The average molecular weight is 396 g/mol. The number of nitrogens with one attached hydrogen (secondary N) is 2. The van der Waals surface area contributed by atoms with E-state index in [4.69, 9.17) is 4.74 Å². The second kappa shape index (κ2) is 8.56. The van der Waals surface area contributed by atoms with Crippen LogP contribution in [0.1, 0.15) is 43.7 Å². The van der Waals surface area contributed by atoms with Crippen molar-refractivity contribution in [3.63, 3.8) is 0 Å². The van der Waals surface area contributed by atoms with Crippen LogP contribution >= 0.6 is 0 Å². The van der Waals surface area contributed by atoms with Crippen LogP contribution in [0.4, 0.5) is 5.69 Å². The Morgan fingerprint density at radius 3 is 2.69 bits per heavy atom. The summed E-state index contributed by atoms with van der Waals surface area (Å²) in [6.45, 7) is 1.15. The van der Waals surface area contributed by atoms with E-state index in [-0.39, 0.29) is 17.9 Å². The average Bonchev–Trinajstić information content (AvgIpc) is 2.74. The Bertz CT molecular complexity index is 841. The summed E-state index contributed by atoms with van der Waals surface area (Å²) in [5.41, 5.74) is 1.28. The molecule has 3 N–H and O–H groups in total. The second-order valence-electron chi connectivity index (χ2n) is 8.42. The van der Waals surface area contributed by atoms with Gasteiger partial charge in [-0.1, -0.05) is 43.2 Å². The van der Waals surface area contributed by atoms with Crippen molar-refractivity contribution in [3.05, 3.63) is 60.2 Å². The topological polar surface area (TPSA) is 63.0 Å². The third kappa shape index (κ3) is 4.16. The first kappa shape index (κ1) is 19.9. The van der Waals surface area contributed by atoms with Crippen LogP contribution in [0.5, 0.6) is 5.75 Å². The van der Waals surface area contributed by atoms with Crippen molar-refractivity contribution in [2.45, 2.75) is 43.7 Å². The van der Waals surface area contributed by atoms with E-state index in [1.165, 1.54) is 4.90 Å². The maximum atomic E-state index is 12.8. The van der Waals surface area contributed by atoms with E-state index < -0.39 is 5.60 Å². The van der Waals surface area contributed by atoms with E-state index in [1.54, 1.807) is 7.11 Å². The first-order valence-electron chi connectivity index (χ1n) is 10.7. The maximum absolute atomic E-state index is 12.8. The fraction of sp³-hybridized carbons (Fsp3) is 0.458. The number of hydrogen-bond acceptors (Lipinski definition) is 3. The monoisotopic (exact) mass is 395 g/mol. The van der Waals surface area contributed by atoms with Gasteiger partial charge in [0.2, 0.25) is 0 Å². The van der Waals surface area contributed by atoms with Gasteiger partial charge in [0.05, 0.1) is 24.8 Å². The van der Waals surface area contributed by atoms with Crippen LogP contribution in [0.25, 0.3) is 0 Å². The van der Waals surface area contributed by atoms with Crippen LogP contribution in [0.2, 0.25) is 0 Å². The molecule has 0 spiro atoms. The molecule has 2 aromatic rings. The molecule has 1 aliphatic carbocycles. The lowest BCUT2D eigenvalue weighted by molar-refractivity contribution is -0.937. The maximum Gasteiger partial charge on any atom is 0.279 e. The third-order valence-electron chi connectivity index (χ3n) is 6.71. The Labute approximate surface area is 172 Å². The number of ether oxygens (including phenoxy) is 1. The van der Waals surface area contributed by atoms with Crippen molar-refractivity contribution in [1.82, 2.24) is 0 Å². The molecule has 1 saturated heterocycles. The predicted molar refractivity (Wildman–Crippen MR) is 113 cm³/mol. The van der Waals surface area contributed by atoms with Gasteiger partial charge < -0.3 is 20.1 Å². The molecule has 1 heterocycles. The summed E-state index contributed by atoms with van der Waals surface area (Å²) in [4.78, 5) is 14.0. The molecule has 1 unspecified atom stereocenters. The van der Waals surface area contributed by atoms with E-state index in [0.29, 0.717) is 6.54 Å². The molecule has 2 aromatic carbocycles. The molecule has 4 rings (SSSR count). The van der Waals surface area contributed by atoms with Crippen LogP contribution in [0.15, 0.2) is 54.6 Å². The van der Waals surface area contributed by atoms with Crippen molar-refractivity contribution in [3.8, 4) is 5.75 Å².